The van der Waals surface area contributed by atoms with Gasteiger partial charge in [0.05, 0.1) is 5.41 Å². The first kappa shape index (κ1) is 14.9. The van der Waals surface area contributed by atoms with Crippen molar-refractivity contribution >= 4 is 11.6 Å². The number of carbonyl (C=O) groups excluding carboxylic acids is 1. The molecule has 4 heteroatoms. The lowest BCUT2D eigenvalue weighted by Crippen LogP contribution is -2.46. The van der Waals surface area contributed by atoms with E-state index in [1.54, 1.807) is 0 Å². The van der Waals surface area contributed by atoms with Gasteiger partial charge in [0.25, 0.3) is 0 Å². The second-order valence-electron chi connectivity index (χ2n) is 6.49. The summed E-state index contributed by atoms with van der Waals surface area (Å²) in [6.45, 7) is 3.96. The maximum atomic E-state index is 12.6. The van der Waals surface area contributed by atoms with E-state index in [9.17, 15) is 4.79 Å². The van der Waals surface area contributed by atoms with Crippen LogP contribution < -0.4 is 5.32 Å². The number of benzene rings is 1. The number of piperidine rings is 1. The number of amides is 1. The average Bonchev–Trinajstić information content (AvgIpc) is 3.02. The van der Waals surface area contributed by atoms with E-state index in [1.807, 2.05) is 53.4 Å². The topological polar surface area (TPSA) is 37.3 Å². The quantitative estimate of drug-likeness (QED) is 0.945. The molecule has 4 nitrogen and oxygen atoms in total. The van der Waals surface area contributed by atoms with Crippen LogP contribution in [-0.4, -0.2) is 35.5 Å². The maximum Gasteiger partial charge on any atom is 0.231 e. The van der Waals surface area contributed by atoms with Crippen molar-refractivity contribution in [2.45, 2.75) is 19.8 Å². The van der Waals surface area contributed by atoms with Crippen LogP contribution in [0.3, 0.4) is 0 Å². The van der Waals surface area contributed by atoms with Crippen LogP contribution in [0.2, 0.25) is 0 Å². The Morgan fingerprint density at radius 2 is 1.86 bits per heavy atom. The van der Waals surface area contributed by atoms with Gasteiger partial charge < -0.3 is 14.8 Å². The minimum atomic E-state index is -0.300. The Morgan fingerprint density at radius 1 is 1.18 bits per heavy atom. The number of rotatable bonds is 3. The molecule has 1 amide bonds. The van der Waals surface area contributed by atoms with Gasteiger partial charge in [-0.3, -0.25) is 4.79 Å². The predicted molar refractivity (Wildman–Crippen MR) is 89.2 cm³/mol. The first-order valence-corrected chi connectivity index (χ1v) is 7.80. The Balaban J connectivity index is 1.69. The monoisotopic (exact) mass is 297 g/mol. The molecule has 116 valence electrons. The fraction of sp³-hybridized carbons (Fsp3) is 0.389. The molecule has 1 aliphatic rings. The number of hydrogen-bond acceptors (Lipinski definition) is 2. The van der Waals surface area contributed by atoms with E-state index in [2.05, 4.69) is 24.2 Å². The van der Waals surface area contributed by atoms with E-state index in [0.717, 1.165) is 37.3 Å². The molecular weight excluding hydrogens is 274 g/mol. The van der Waals surface area contributed by atoms with Crippen LogP contribution in [-0.2, 0) is 4.79 Å². The smallest absolute Gasteiger partial charge is 0.231 e. The van der Waals surface area contributed by atoms with Gasteiger partial charge in [-0.2, -0.15) is 0 Å². The largest absolute Gasteiger partial charge is 0.326 e. The zero-order valence-corrected chi connectivity index (χ0v) is 13.2. The lowest BCUT2D eigenvalue weighted by Gasteiger charge is -2.37. The van der Waals surface area contributed by atoms with Crippen molar-refractivity contribution in [3.8, 4) is 5.69 Å². The van der Waals surface area contributed by atoms with Gasteiger partial charge >= 0.3 is 0 Å². The molecule has 1 atom stereocenters. The molecule has 1 aromatic heterocycles. The Bertz CT molecular complexity index is 633. The van der Waals surface area contributed by atoms with E-state index >= 15 is 0 Å². The fourth-order valence-corrected chi connectivity index (χ4v) is 3.18. The minimum Gasteiger partial charge on any atom is -0.326 e. The molecule has 2 aromatic rings. The molecule has 3 rings (SSSR count). The molecule has 0 bridgehead atoms. The van der Waals surface area contributed by atoms with Crippen molar-refractivity contribution in [3.63, 3.8) is 0 Å². The maximum absolute atomic E-state index is 12.6. The van der Waals surface area contributed by atoms with Gasteiger partial charge in [0.15, 0.2) is 0 Å². The van der Waals surface area contributed by atoms with Crippen molar-refractivity contribution < 1.29 is 4.79 Å². The second kappa shape index (κ2) is 5.97. The third kappa shape index (κ3) is 3.07. The first-order chi connectivity index (χ1) is 10.6. The highest BCUT2D eigenvalue weighted by Gasteiger charge is 2.36. The summed E-state index contributed by atoms with van der Waals surface area (Å²) in [4.78, 5) is 14.8. The first-order valence-electron chi connectivity index (χ1n) is 7.80. The summed E-state index contributed by atoms with van der Waals surface area (Å²) in [6, 6.07) is 12.0. The molecule has 0 radical (unpaired) electrons. The summed E-state index contributed by atoms with van der Waals surface area (Å²) in [5.74, 6) is 0.118. The number of likely N-dealkylation sites (tertiary alicyclic amines) is 1. The fourth-order valence-electron chi connectivity index (χ4n) is 3.18. The number of carbonyl (C=O) groups is 1. The molecule has 2 heterocycles. The SMILES string of the molecule is CN1CCCC(C)(C(=O)Nc2ccc(-n3cccc3)cc2)C1. The highest BCUT2D eigenvalue weighted by atomic mass is 16.2. The van der Waals surface area contributed by atoms with Gasteiger partial charge in [0, 0.05) is 30.3 Å². The molecule has 0 spiro atoms. The van der Waals surface area contributed by atoms with Crippen LogP contribution >= 0.6 is 0 Å². The van der Waals surface area contributed by atoms with Crippen LogP contribution in [0.1, 0.15) is 19.8 Å². The van der Waals surface area contributed by atoms with E-state index in [-0.39, 0.29) is 11.3 Å². The molecule has 0 aliphatic carbocycles. The van der Waals surface area contributed by atoms with Crippen LogP contribution in [0.5, 0.6) is 0 Å². The Kier molecular flexibility index (Phi) is 4.03. The third-order valence-corrected chi connectivity index (χ3v) is 4.46. The van der Waals surface area contributed by atoms with Crippen molar-refractivity contribution in [1.82, 2.24) is 9.47 Å². The van der Waals surface area contributed by atoms with Gasteiger partial charge in [-0.05, 0) is 69.8 Å². The van der Waals surface area contributed by atoms with Gasteiger partial charge in [-0.1, -0.05) is 0 Å². The molecule has 1 saturated heterocycles. The van der Waals surface area contributed by atoms with Crippen LogP contribution in [0.25, 0.3) is 5.69 Å². The minimum absolute atomic E-state index is 0.118. The van der Waals surface area contributed by atoms with E-state index < -0.39 is 0 Å². The Morgan fingerprint density at radius 3 is 2.50 bits per heavy atom. The van der Waals surface area contributed by atoms with Crippen molar-refractivity contribution in [3.05, 3.63) is 48.8 Å². The molecule has 1 aliphatic heterocycles. The molecule has 0 saturated carbocycles. The number of nitrogens with one attached hydrogen (secondary N) is 1. The van der Waals surface area contributed by atoms with Crippen molar-refractivity contribution in [2.24, 2.45) is 5.41 Å². The summed E-state index contributed by atoms with van der Waals surface area (Å²) in [5, 5.41) is 3.07. The number of hydrogen-bond donors (Lipinski definition) is 1. The molecule has 1 N–H and O–H groups in total. The van der Waals surface area contributed by atoms with Gasteiger partial charge in [-0.15, -0.1) is 0 Å². The van der Waals surface area contributed by atoms with Gasteiger partial charge in [0.1, 0.15) is 0 Å². The molecular formula is C18H23N3O. The number of anilines is 1. The standard InChI is InChI=1S/C18H23N3O/c1-18(10-5-11-20(2)14-18)17(22)19-15-6-8-16(9-7-15)21-12-3-4-13-21/h3-4,6-9,12-13H,5,10-11,14H2,1-2H3,(H,19,22). The summed E-state index contributed by atoms with van der Waals surface area (Å²) in [7, 11) is 2.08. The molecule has 1 aromatic carbocycles. The Hall–Kier alpha value is -2.07. The van der Waals surface area contributed by atoms with Crippen molar-refractivity contribution in [2.75, 3.05) is 25.5 Å². The summed E-state index contributed by atoms with van der Waals surface area (Å²) >= 11 is 0. The Labute approximate surface area is 131 Å². The zero-order valence-electron chi connectivity index (χ0n) is 13.2. The number of nitrogens with zero attached hydrogens (tertiary/aromatic N) is 2. The van der Waals surface area contributed by atoms with Crippen molar-refractivity contribution in [1.29, 1.82) is 0 Å². The van der Waals surface area contributed by atoms with Crippen LogP contribution in [0.15, 0.2) is 48.8 Å². The lowest BCUT2D eigenvalue weighted by molar-refractivity contribution is -0.127. The van der Waals surface area contributed by atoms with E-state index in [0.29, 0.717) is 0 Å². The van der Waals surface area contributed by atoms with Crippen LogP contribution in [0, 0.1) is 5.41 Å². The summed E-state index contributed by atoms with van der Waals surface area (Å²) in [5.41, 5.74) is 1.65. The van der Waals surface area contributed by atoms with E-state index in [4.69, 9.17) is 0 Å². The predicted octanol–water partition coefficient (Wildman–Crippen LogP) is 3.15. The van der Waals surface area contributed by atoms with Gasteiger partial charge in [0.2, 0.25) is 5.91 Å². The highest BCUT2D eigenvalue weighted by Crippen LogP contribution is 2.30. The highest BCUT2D eigenvalue weighted by molar-refractivity contribution is 5.95. The third-order valence-electron chi connectivity index (χ3n) is 4.46. The van der Waals surface area contributed by atoms with E-state index in [1.165, 1.54) is 0 Å². The molecule has 22 heavy (non-hydrogen) atoms. The normalized spacial score (nSPS) is 22.5. The zero-order chi connectivity index (χ0) is 15.6. The second-order valence-corrected chi connectivity index (χ2v) is 6.49. The molecule has 1 unspecified atom stereocenters. The summed E-state index contributed by atoms with van der Waals surface area (Å²) < 4.78 is 2.04. The lowest BCUT2D eigenvalue weighted by atomic mass is 9.81. The molecule has 1 fully saturated rings. The van der Waals surface area contributed by atoms with Crippen LogP contribution in [0.4, 0.5) is 5.69 Å². The number of aromatic nitrogens is 1. The van der Waals surface area contributed by atoms with Gasteiger partial charge in [-0.25, -0.2) is 0 Å². The summed E-state index contributed by atoms with van der Waals surface area (Å²) in [6.07, 6.45) is 6.04. The average molecular weight is 297 g/mol.